The fourth-order valence-corrected chi connectivity index (χ4v) is 2.91. The Bertz CT molecular complexity index is 1120. The van der Waals surface area contributed by atoms with Gasteiger partial charge in [-0.15, -0.1) is 0 Å². The van der Waals surface area contributed by atoms with Gasteiger partial charge in [0, 0.05) is 11.9 Å². The molecule has 0 aliphatic rings. The Morgan fingerprint density at radius 3 is 2.34 bits per heavy atom. The smallest absolute Gasteiger partial charge is 0.434 e. The molecule has 3 aromatic rings. The Hall–Kier alpha value is -2.78. The lowest BCUT2D eigenvalue weighted by atomic mass is 10.2. The average Bonchev–Trinajstić information content (AvgIpc) is 3.12. The summed E-state index contributed by atoms with van der Waals surface area (Å²) in [4.78, 5) is 24.1. The number of nitrogens with zero attached hydrogens (tertiary/aromatic N) is 3. The van der Waals surface area contributed by atoms with Crippen molar-refractivity contribution in [2.45, 2.75) is 13.1 Å². The van der Waals surface area contributed by atoms with E-state index in [4.69, 9.17) is 23.2 Å². The van der Waals surface area contributed by atoms with E-state index in [2.05, 4.69) is 9.84 Å². The van der Waals surface area contributed by atoms with Crippen LogP contribution in [0.1, 0.15) is 23.0 Å². The molecule has 6 nitrogen and oxygen atoms in total. The van der Waals surface area contributed by atoms with E-state index >= 15 is 0 Å². The second kappa shape index (κ2) is 7.92. The fraction of sp³-hybridized carbons (Fsp3) is 0.167. The minimum absolute atomic E-state index is 0.0322. The van der Waals surface area contributed by atoms with Crippen molar-refractivity contribution in [2.24, 2.45) is 0 Å². The van der Waals surface area contributed by atoms with Crippen molar-refractivity contribution in [3.63, 3.8) is 0 Å². The van der Waals surface area contributed by atoms with Gasteiger partial charge in [-0.1, -0.05) is 23.2 Å². The lowest BCUT2D eigenvalue weighted by molar-refractivity contribution is -0.143. The number of benzene rings is 1. The minimum Gasteiger partial charge on any atom is -0.462 e. The topological polar surface area (TPSA) is 66.1 Å². The number of alkyl halides is 3. The molecule has 1 aromatic carbocycles. The van der Waals surface area contributed by atoms with Gasteiger partial charge in [0.05, 0.1) is 23.5 Å². The molecule has 2 heterocycles. The van der Waals surface area contributed by atoms with Crippen LogP contribution in [0.3, 0.4) is 0 Å². The summed E-state index contributed by atoms with van der Waals surface area (Å²) in [5.74, 6) is -1.12. The van der Waals surface area contributed by atoms with E-state index in [1.165, 1.54) is 48.0 Å². The van der Waals surface area contributed by atoms with Crippen LogP contribution in [-0.2, 0) is 10.9 Å². The highest BCUT2D eigenvalue weighted by atomic mass is 35.5. The first-order valence-electron chi connectivity index (χ1n) is 8.15. The molecule has 0 atom stereocenters. The molecule has 0 bridgehead atoms. The van der Waals surface area contributed by atoms with Crippen LogP contribution in [0.4, 0.5) is 13.2 Å². The molecule has 29 heavy (non-hydrogen) atoms. The van der Waals surface area contributed by atoms with Crippen molar-refractivity contribution < 1.29 is 22.7 Å². The molecule has 0 unspecified atom stereocenters. The molecule has 0 saturated heterocycles. The van der Waals surface area contributed by atoms with Crippen LogP contribution < -0.4 is 5.56 Å². The van der Waals surface area contributed by atoms with E-state index in [-0.39, 0.29) is 22.3 Å². The van der Waals surface area contributed by atoms with Gasteiger partial charge in [-0.05, 0) is 37.3 Å². The molecule has 0 aliphatic heterocycles. The fourth-order valence-electron chi connectivity index (χ4n) is 2.62. The van der Waals surface area contributed by atoms with Crippen LogP contribution >= 0.6 is 23.2 Å². The van der Waals surface area contributed by atoms with Gasteiger partial charge < -0.3 is 4.74 Å². The number of carbonyl (C=O) groups excluding carboxylic acids is 1. The number of ether oxygens (including phenoxy) is 1. The van der Waals surface area contributed by atoms with Crippen LogP contribution in [0.5, 0.6) is 0 Å². The first-order chi connectivity index (χ1) is 13.6. The largest absolute Gasteiger partial charge is 0.462 e. The zero-order valence-electron chi connectivity index (χ0n) is 14.7. The molecule has 0 amide bonds. The van der Waals surface area contributed by atoms with Crippen molar-refractivity contribution in [2.75, 3.05) is 6.61 Å². The molecular weight excluding hydrogens is 434 g/mol. The predicted octanol–water partition coefficient (Wildman–Crippen LogP) is 4.53. The first-order valence-corrected chi connectivity index (χ1v) is 8.90. The summed E-state index contributed by atoms with van der Waals surface area (Å²) in [7, 11) is 0. The lowest BCUT2D eigenvalue weighted by Crippen LogP contribution is -2.19. The molecule has 152 valence electrons. The van der Waals surface area contributed by atoms with E-state index in [9.17, 15) is 22.8 Å². The number of hydrogen-bond donors (Lipinski definition) is 0. The average molecular weight is 446 g/mol. The highest BCUT2D eigenvalue weighted by molar-refractivity contribution is 6.41. The number of esters is 1. The Morgan fingerprint density at radius 1 is 1.14 bits per heavy atom. The lowest BCUT2D eigenvalue weighted by Gasteiger charge is -2.13. The van der Waals surface area contributed by atoms with Crippen LogP contribution in [0, 0.1) is 0 Å². The molecule has 3 rings (SSSR count). The molecule has 2 aromatic heterocycles. The highest BCUT2D eigenvalue weighted by Gasteiger charge is 2.41. The predicted molar refractivity (Wildman–Crippen MR) is 100 cm³/mol. The number of pyridine rings is 1. The third kappa shape index (κ3) is 4.01. The Kier molecular flexibility index (Phi) is 5.72. The number of halogens is 5. The standard InChI is InChI=1S/C18H12Cl2F3N3O3/c1-2-29-17(28)12-9-24-26(15(12)18(21,22)23)11-5-3-10(4-6-11)25-8-7-13(19)14(20)16(25)27/h3-9H,2H2,1H3. The molecule has 0 N–H and O–H groups in total. The zero-order chi connectivity index (χ0) is 21.3. The summed E-state index contributed by atoms with van der Waals surface area (Å²) in [5, 5.41) is 3.60. The van der Waals surface area contributed by atoms with Gasteiger partial charge in [-0.25, -0.2) is 9.48 Å². The third-order valence-electron chi connectivity index (χ3n) is 3.89. The number of carbonyl (C=O) groups is 1. The molecule has 0 fully saturated rings. The monoisotopic (exact) mass is 445 g/mol. The summed E-state index contributed by atoms with van der Waals surface area (Å²) < 4.78 is 47.2. The highest BCUT2D eigenvalue weighted by Crippen LogP contribution is 2.34. The molecule has 0 radical (unpaired) electrons. The van der Waals surface area contributed by atoms with E-state index in [0.29, 0.717) is 10.4 Å². The van der Waals surface area contributed by atoms with Crippen LogP contribution in [0.25, 0.3) is 11.4 Å². The minimum atomic E-state index is -4.85. The normalized spacial score (nSPS) is 11.5. The van der Waals surface area contributed by atoms with Gasteiger partial charge in [-0.2, -0.15) is 18.3 Å². The molecule has 0 saturated carbocycles. The Balaban J connectivity index is 2.06. The maximum Gasteiger partial charge on any atom is 0.434 e. The SMILES string of the molecule is CCOC(=O)c1cnn(-c2ccc(-n3ccc(Cl)c(Cl)c3=O)cc2)c1C(F)(F)F. The number of rotatable bonds is 4. The van der Waals surface area contributed by atoms with E-state index in [1.54, 1.807) is 0 Å². The molecule has 0 spiro atoms. The maximum atomic E-state index is 13.6. The molecule has 0 aliphatic carbocycles. The van der Waals surface area contributed by atoms with Gasteiger partial charge in [0.2, 0.25) is 0 Å². The second-order valence-corrected chi connectivity index (χ2v) is 6.49. The van der Waals surface area contributed by atoms with Crippen molar-refractivity contribution in [1.82, 2.24) is 14.3 Å². The van der Waals surface area contributed by atoms with Crippen LogP contribution in [-0.4, -0.2) is 26.9 Å². The summed E-state index contributed by atoms with van der Waals surface area (Å²) in [6.45, 7) is 1.41. The van der Waals surface area contributed by atoms with Gasteiger partial charge in [-0.3, -0.25) is 9.36 Å². The quantitative estimate of drug-likeness (QED) is 0.553. The maximum absolute atomic E-state index is 13.6. The summed E-state index contributed by atoms with van der Waals surface area (Å²) >= 11 is 11.6. The van der Waals surface area contributed by atoms with Crippen molar-refractivity contribution in [3.8, 4) is 11.4 Å². The molecular formula is C18H12Cl2F3N3O3. The van der Waals surface area contributed by atoms with E-state index in [0.717, 1.165) is 6.20 Å². The van der Waals surface area contributed by atoms with Crippen molar-refractivity contribution in [3.05, 3.63) is 74.4 Å². The Labute approximate surface area is 172 Å². The van der Waals surface area contributed by atoms with Gasteiger partial charge in [0.25, 0.3) is 5.56 Å². The van der Waals surface area contributed by atoms with Crippen LogP contribution in [0.15, 0.2) is 47.5 Å². The van der Waals surface area contributed by atoms with E-state index < -0.39 is 29.0 Å². The first kappa shape index (κ1) is 20.9. The van der Waals surface area contributed by atoms with Gasteiger partial charge >= 0.3 is 12.1 Å². The summed E-state index contributed by atoms with van der Waals surface area (Å²) in [5.41, 5.74) is -2.14. The van der Waals surface area contributed by atoms with Crippen molar-refractivity contribution >= 4 is 29.2 Å². The zero-order valence-corrected chi connectivity index (χ0v) is 16.2. The van der Waals surface area contributed by atoms with E-state index in [1.807, 2.05) is 0 Å². The van der Waals surface area contributed by atoms with Crippen LogP contribution in [0.2, 0.25) is 10.0 Å². The second-order valence-electron chi connectivity index (χ2n) is 5.71. The number of aromatic nitrogens is 3. The number of hydrogen-bond acceptors (Lipinski definition) is 4. The Morgan fingerprint density at radius 2 is 1.76 bits per heavy atom. The van der Waals surface area contributed by atoms with Gasteiger partial charge in [0.1, 0.15) is 10.6 Å². The third-order valence-corrected chi connectivity index (χ3v) is 4.67. The van der Waals surface area contributed by atoms with Crippen molar-refractivity contribution in [1.29, 1.82) is 0 Å². The summed E-state index contributed by atoms with van der Waals surface area (Å²) in [6.07, 6.45) is -2.66. The molecule has 11 heteroatoms. The summed E-state index contributed by atoms with van der Waals surface area (Å²) in [6, 6.07) is 6.88. The van der Waals surface area contributed by atoms with Gasteiger partial charge in [0.15, 0.2) is 5.69 Å².